The SMILES string of the molecule is FC(F)(F)c1cccnc1-n1nccc1C(F)(F)F. The molecule has 0 aromatic carbocycles. The Kier molecular flexibility index (Phi) is 2.99. The number of hydrogen-bond donors (Lipinski definition) is 0. The summed E-state index contributed by atoms with van der Waals surface area (Å²) in [6, 6.07) is 2.21. The van der Waals surface area contributed by atoms with Crippen LogP contribution in [0.2, 0.25) is 0 Å². The second kappa shape index (κ2) is 4.25. The first kappa shape index (κ1) is 13.4. The molecule has 0 amide bonds. The molecule has 0 bridgehead atoms. The van der Waals surface area contributed by atoms with Gasteiger partial charge in [-0.1, -0.05) is 0 Å². The first-order valence-corrected chi connectivity index (χ1v) is 4.85. The summed E-state index contributed by atoms with van der Waals surface area (Å²) in [5, 5.41) is 3.26. The molecular formula is C10H5F6N3. The summed E-state index contributed by atoms with van der Waals surface area (Å²) in [4.78, 5) is 3.34. The Bertz CT molecular complexity index is 583. The van der Waals surface area contributed by atoms with Gasteiger partial charge in [0, 0.05) is 6.20 Å². The quantitative estimate of drug-likeness (QED) is 0.751. The number of rotatable bonds is 1. The fourth-order valence-electron chi connectivity index (χ4n) is 1.47. The van der Waals surface area contributed by atoms with E-state index in [-0.39, 0.29) is 4.68 Å². The minimum absolute atomic E-state index is 0.128. The summed E-state index contributed by atoms with van der Waals surface area (Å²) in [5.41, 5.74) is -2.61. The lowest BCUT2D eigenvalue weighted by Gasteiger charge is -2.14. The van der Waals surface area contributed by atoms with Crippen LogP contribution in [0.25, 0.3) is 5.82 Å². The Hall–Kier alpha value is -2.06. The maximum atomic E-state index is 12.7. The molecule has 2 aromatic heterocycles. The van der Waals surface area contributed by atoms with Crippen molar-refractivity contribution in [2.24, 2.45) is 0 Å². The highest BCUT2D eigenvalue weighted by Crippen LogP contribution is 2.35. The highest BCUT2D eigenvalue weighted by molar-refractivity contribution is 5.37. The van der Waals surface area contributed by atoms with Gasteiger partial charge in [-0.15, -0.1) is 0 Å². The molecule has 0 fully saturated rings. The van der Waals surface area contributed by atoms with Gasteiger partial charge in [0.2, 0.25) is 0 Å². The predicted octanol–water partition coefficient (Wildman–Crippen LogP) is 3.30. The van der Waals surface area contributed by atoms with E-state index in [4.69, 9.17) is 0 Å². The summed E-state index contributed by atoms with van der Waals surface area (Å²) in [7, 11) is 0. The Morgan fingerprint density at radius 1 is 0.895 bits per heavy atom. The molecule has 0 atom stereocenters. The van der Waals surface area contributed by atoms with Crippen molar-refractivity contribution in [3.8, 4) is 5.82 Å². The van der Waals surface area contributed by atoms with Crippen molar-refractivity contribution in [1.29, 1.82) is 0 Å². The van der Waals surface area contributed by atoms with Crippen LogP contribution in [0.4, 0.5) is 26.3 Å². The second-order valence-electron chi connectivity index (χ2n) is 3.50. The normalized spacial score (nSPS) is 12.7. The van der Waals surface area contributed by atoms with E-state index in [9.17, 15) is 26.3 Å². The lowest BCUT2D eigenvalue weighted by atomic mass is 10.2. The molecule has 0 saturated heterocycles. The minimum atomic E-state index is -4.82. The monoisotopic (exact) mass is 281 g/mol. The highest BCUT2D eigenvalue weighted by Gasteiger charge is 2.39. The fraction of sp³-hybridized carbons (Fsp3) is 0.200. The average Bonchev–Trinajstić information content (AvgIpc) is 2.76. The molecule has 2 aromatic rings. The largest absolute Gasteiger partial charge is 0.433 e. The Labute approximate surface area is 102 Å². The summed E-state index contributed by atoms with van der Waals surface area (Å²) in [5.74, 6) is -0.910. The van der Waals surface area contributed by atoms with Gasteiger partial charge in [-0.2, -0.15) is 31.4 Å². The summed E-state index contributed by atoms with van der Waals surface area (Å²) >= 11 is 0. The van der Waals surface area contributed by atoms with Crippen LogP contribution >= 0.6 is 0 Å². The van der Waals surface area contributed by atoms with Crippen LogP contribution in [-0.4, -0.2) is 14.8 Å². The number of hydrogen-bond acceptors (Lipinski definition) is 2. The lowest BCUT2D eigenvalue weighted by molar-refractivity contribution is -0.145. The summed E-state index contributed by atoms with van der Waals surface area (Å²) in [6.45, 7) is 0. The summed E-state index contributed by atoms with van der Waals surface area (Å²) in [6.07, 6.45) is -7.92. The van der Waals surface area contributed by atoms with Crippen LogP contribution in [0.5, 0.6) is 0 Å². The standard InChI is InChI=1S/C10H5F6N3/c11-9(12,13)6-2-1-4-17-8(6)19-7(3-5-18-19)10(14,15)16/h1-5H. The Morgan fingerprint density at radius 3 is 2.16 bits per heavy atom. The van der Waals surface area contributed by atoms with Crippen molar-refractivity contribution in [1.82, 2.24) is 14.8 Å². The minimum Gasteiger partial charge on any atom is -0.237 e. The number of aromatic nitrogens is 3. The van der Waals surface area contributed by atoms with E-state index < -0.39 is 29.4 Å². The van der Waals surface area contributed by atoms with E-state index in [1.165, 1.54) is 0 Å². The van der Waals surface area contributed by atoms with Gasteiger partial charge in [0.15, 0.2) is 5.82 Å². The highest BCUT2D eigenvalue weighted by atomic mass is 19.4. The van der Waals surface area contributed by atoms with Crippen LogP contribution < -0.4 is 0 Å². The van der Waals surface area contributed by atoms with E-state index in [2.05, 4.69) is 10.1 Å². The third kappa shape index (κ3) is 2.54. The van der Waals surface area contributed by atoms with Crippen molar-refractivity contribution in [3.05, 3.63) is 41.9 Å². The molecule has 102 valence electrons. The molecule has 0 N–H and O–H groups in total. The van der Waals surface area contributed by atoms with Gasteiger partial charge in [-0.3, -0.25) is 0 Å². The first-order valence-electron chi connectivity index (χ1n) is 4.85. The predicted molar refractivity (Wildman–Crippen MR) is 51.4 cm³/mol. The van der Waals surface area contributed by atoms with Crippen molar-refractivity contribution in [2.75, 3.05) is 0 Å². The van der Waals surface area contributed by atoms with E-state index in [1.54, 1.807) is 0 Å². The zero-order chi connectivity index (χ0) is 14.3. The third-order valence-corrected chi connectivity index (χ3v) is 2.23. The van der Waals surface area contributed by atoms with Gasteiger partial charge in [0.25, 0.3) is 0 Å². The van der Waals surface area contributed by atoms with E-state index in [0.29, 0.717) is 12.1 Å². The zero-order valence-electron chi connectivity index (χ0n) is 9.00. The topological polar surface area (TPSA) is 30.7 Å². The molecule has 0 aliphatic rings. The van der Waals surface area contributed by atoms with E-state index in [1.807, 2.05) is 0 Å². The van der Waals surface area contributed by atoms with Crippen molar-refractivity contribution in [3.63, 3.8) is 0 Å². The van der Waals surface area contributed by atoms with Crippen molar-refractivity contribution < 1.29 is 26.3 Å². The van der Waals surface area contributed by atoms with Gasteiger partial charge in [0.05, 0.1) is 6.20 Å². The smallest absolute Gasteiger partial charge is 0.237 e. The summed E-state index contributed by atoms with van der Waals surface area (Å²) < 4.78 is 76.1. The fourth-order valence-corrected chi connectivity index (χ4v) is 1.47. The maximum absolute atomic E-state index is 12.7. The first-order chi connectivity index (χ1) is 8.71. The van der Waals surface area contributed by atoms with Gasteiger partial charge in [-0.25, -0.2) is 9.67 Å². The molecule has 0 aliphatic heterocycles. The number of nitrogens with zero attached hydrogens (tertiary/aromatic N) is 3. The molecule has 19 heavy (non-hydrogen) atoms. The van der Waals surface area contributed by atoms with Crippen LogP contribution in [0.3, 0.4) is 0 Å². The van der Waals surface area contributed by atoms with E-state index >= 15 is 0 Å². The Morgan fingerprint density at radius 2 is 1.58 bits per heavy atom. The lowest BCUT2D eigenvalue weighted by Crippen LogP contribution is -2.18. The molecule has 0 radical (unpaired) electrons. The molecular weight excluding hydrogens is 276 g/mol. The van der Waals surface area contributed by atoms with Gasteiger partial charge >= 0.3 is 12.4 Å². The van der Waals surface area contributed by atoms with Crippen molar-refractivity contribution >= 4 is 0 Å². The maximum Gasteiger partial charge on any atom is 0.433 e. The zero-order valence-corrected chi connectivity index (χ0v) is 9.00. The molecule has 9 heteroatoms. The van der Waals surface area contributed by atoms with Gasteiger partial charge < -0.3 is 0 Å². The Balaban J connectivity index is 2.65. The molecule has 3 nitrogen and oxygen atoms in total. The molecule has 0 saturated carbocycles. The van der Waals surface area contributed by atoms with Crippen LogP contribution in [0.15, 0.2) is 30.6 Å². The third-order valence-electron chi connectivity index (χ3n) is 2.23. The van der Waals surface area contributed by atoms with Crippen LogP contribution in [-0.2, 0) is 12.4 Å². The molecule has 0 unspecified atom stereocenters. The van der Waals surface area contributed by atoms with Crippen LogP contribution in [0.1, 0.15) is 11.3 Å². The number of alkyl halides is 6. The second-order valence-corrected chi connectivity index (χ2v) is 3.50. The van der Waals surface area contributed by atoms with Gasteiger partial charge in [0.1, 0.15) is 11.3 Å². The van der Waals surface area contributed by atoms with Crippen molar-refractivity contribution in [2.45, 2.75) is 12.4 Å². The van der Waals surface area contributed by atoms with Crippen LogP contribution in [0, 0.1) is 0 Å². The van der Waals surface area contributed by atoms with E-state index in [0.717, 1.165) is 18.5 Å². The molecule has 2 rings (SSSR count). The molecule has 0 spiro atoms. The average molecular weight is 281 g/mol. The number of pyridine rings is 1. The molecule has 2 heterocycles. The molecule has 0 aliphatic carbocycles. The number of halogens is 6. The van der Waals surface area contributed by atoms with Gasteiger partial charge in [-0.05, 0) is 18.2 Å².